The highest BCUT2D eigenvalue weighted by molar-refractivity contribution is 8.18. The largest absolute Gasteiger partial charge is 0.322 e. The van der Waals surface area contributed by atoms with Gasteiger partial charge in [0, 0.05) is 11.8 Å². The van der Waals surface area contributed by atoms with Gasteiger partial charge in [0.15, 0.2) is 0 Å². The van der Waals surface area contributed by atoms with Gasteiger partial charge in [-0.2, -0.15) is 0 Å². The summed E-state index contributed by atoms with van der Waals surface area (Å²) in [5.74, 6) is -0.975. The Morgan fingerprint density at radius 2 is 2.17 bits per heavy atom. The fourth-order valence-corrected chi connectivity index (χ4v) is 2.09. The molecule has 5 nitrogen and oxygen atoms in total. The van der Waals surface area contributed by atoms with Crippen molar-refractivity contribution in [1.29, 1.82) is 0 Å². The van der Waals surface area contributed by atoms with Crippen molar-refractivity contribution in [2.24, 2.45) is 0 Å². The van der Waals surface area contributed by atoms with E-state index < -0.39 is 17.1 Å². The topological polar surface area (TPSA) is 75.3 Å². The van der Waals surface area contributed by atoms with Crippen LogP contribution in [0.15, 0.2) is 35.2 Å². The molecule has 0 aliphatic carbocycles. The number of nitrogens with one attached hydrogen (secondary N) is 2. The van der Waals surface area contributed by atoms with Gasteiger partial charge in [0.25, 0.3) is 11.1 Å². The Balaban J connectivity index is 2.07. The predicted molar refractivity (Wildman–Crippen MR) is 69.0 cm³/mol. The Morgan fingerprint density at radius 1 is 1.39 bits per heavy atom. The number of benzene rings is 1. The van der Waals surface area contributed by atoms with Crippen LogP contribution in [-0.2, 0) is 9.59 Å². The van der Waals surface area contributed by atoms with Gasteiger partial charge < -0.3 is 5.32 Å². The van der Waals surface area contributed by atoms with E-state index in [4.69, 9.17) is 0 Å². The highest BCUT2D eigenvalue weighted by Crippen LogP contribution is 2.22. The number of aryl methyl sites for hydroxylation is 1. The zero-order valence-electron chi connectivity index (χ0n) is 9.52. The molecule has 18 heavy (non-hydrogen) atoms. The Hall–Kier alpha value is -2.08. The molecule has 6 heteroatoms. The first-order chi connectivity index (χ1) is 8.54. The summed E-state index contributed by atoms with van der Waals surface area (Å²) in [6, 6.07) is 7.28. The van der Waals surface area contributed by atoms with Gasteiger partial charge in [-0.15, -0.1) is 0 Å². The number of rotatable bonds is 2. The molecule has 1 fully saturated rings. The maximum absolute atomic E-state index is 11.6. The van der Waals surface area contributed by atoms with Crippen LogP contribution in [0, 0.1) is 6.92 Å². The van der Waals surface area contributed by atoms with E-state index in [9.17, 15) is 14.4 Å². The van der Waals surface area contributed by atoms with Crippen molar-refractivity contribution in [3.05, 3.63) is 40.8 Å². The first-order valence-corrected chi connectivity index (χ1v) is 5.99. The smallest absolute Gasteiger partial charge is 0.290 e. The van der Waals surface area contributed by atoms with Crippen LogP contribution >= 0.6 is 11.8 Å². The molecule has 2 rings (SSSR count). The fourth-order valence-electron chi connectivity index (χ4n) is 1.44. The predicted octanol–water partition coefficient (Wildman–Crippen LogP) is 1.80. The van der Waals surface area contributed by atoms with Crippen molar-refractivity contribution >= 4 is 34.5 Å². The zero-order valence-corrected chi connectivity index (χ0v) is 10.3. The van der Waals surface area contributed by atoms with Crippen LogP contribution in [0.1, 0.15) is 5.56 Å². The lowest BCUT2D eigenvalue weighted by atomic mass is 10.2. The number of imide groups is 1. The van der Waals surface area contributed by atoms with Crippen LogP contribution in [0.2, 0.25) is 0 Å². The summed E-state index contributed by atoms with van der Waals surface area (Å²) in [7, 11) is 0. The Labute approximate surface area is 108 Å². The molecule has 1 heterocycles. The molecule has 2 N–H and O–H groups in total. The quantitative estimate of drug-likeness (QED) is 0.797. The summed E-state index contributed by atoms with van der Waals surface area (Å²) in [6.07, 6.45) is 1.12. The molecule has 0 bridgehead atoms. The summed E-state index contributed by atoms with van der Waals surface area (Å²) < 4.78 is 0. The molecular formula is C12H10N2O3S. The molecule has 1 aliphatic rings. The molecule has 3 amide bonds. The molecule has 0 spiro atoms. The van der Waals surface area contributed by atoms with E-state index in [0.29, 0.717) is 17.4 Å². The number of anilines is 1. The highest BCUT2D eigenvalue weighted by Gasteiger charge is 2.25. The average molecular weight is 262 g/mol. The number of hydrogen-bond acceptors (Lipinski definition) is 4. The van der Waals surface area contributed by atoms with Gasteiger partial charge in [-0.3, -0.25) is 19.7 Å². The Bertz CT molecular complexity index is 566. The van der Waals surface area contributed by atoms with Gasteiger partial charge in [0.05, 0.1) is 4.91 Å². The summed E-state index contributed by atoms with van der Waals surface area (Å²) >= 11 is 0.716. The van der Waals surface area contributed by atoms with Crippen molar-refractivity contribution in [1.82, 2.24) is 5.32 Å². The molecule has 1 aromatic rings. The minimum atomic E-state index is -0.538. The molecular weight excluding hydrogens is 252 g/mol. The second-order valence-electron chi connectivity index (χ2n) is 3.71. The van der Waals surface area contributed by atoms with Crippen LogP contribution in [0.3, 0.4) is 0 Å². The average Bonchev–Trinajstić information content (AvgIpc) is 2.57. The summed E-state index contributed by atoms with van der Waals surface area (Å²) in [5, 5.41) is 4.24. The number of carbonyl (C=O) groups excluding carboxylic acids is 3. The van der Waals surface area contributed by atoms with Crippen LogP contribution < -0.4 is 10.6 Å². The lowest BCUT2D eigenvalue weighted by Crippen LogP contribution is -2.18. The molecule has 0 radical (unpaired) electrons. The molecule has 0 atom stereocenters. The third-order valence-electron chi connectivity index (χ3n) is 2.19. The second kappa shape index (κ2) is 5.05. The summed E-state index contributed by atoms with van der Waals surface area (Å²) in [4.78, 5) is 33.9. The SMILES string of the molecule is Cc1cccc(NC(=O)/C=C2/SC(=O)NC2=O)c1. The number of amides is 3. The number of carbonyl (C=O) groups is 3. The van der Waals surface area contributed by atoms with E-state index >= 15 is 0 Å². The minimum absolute atomic E-state index is 0.102. The monoisotopic (exact) mass is 262 g/mol. The number of hydrogen-bond donors (Lipinski definition) is 2. The third-order valence-corrected chi connectivity index (χ3v) is 3.00. The second-order valence-corrected chi connectivity index (χ2v) is 4.73. The number of thioether (sulfide) groups is 1. The standard InChI is InChI=1S/C12H10N2O3S/c1-7-3-2-4-8(5-7)13-10(15)6-9-11(16)14-12(17)18-9/h2-6H,1H3,(H,13,15)(H,14,16,17)/b9-6+. The van der Waals surface area contributed by atoms with Crippen LogP contribution in [0.5, 0.6) is 0 Å². The fraction of sp³-hybridized carbons (Fsp3) is 0.0833. The molecule has 0 unspecified atom stereocenters. The minimum Gasteiger partial charge on any atom is -0.322 e. The summed E-state index contributed by atoms with van der Waals surface area (Å²) in [5.41, 5.74) is 1.66. The summed E-state index contributed by atoms with van der Waals surface area (Å²) in [6.45, 7) is 1.91. The van der Waals surface area contributed by atoms with Gasteiger partial charge >= 0.3 is 0 Å². The molecule has 1 aromatic carbocycles. The maximum Gasteiger partial charge on any atom is 0.290 e. The van der Waals surface area contributed by atoms with Crippen molar-refractivity contribution in [3.8, 4) is 0 Å². The van der Waals surface area contributed by atoms with Crippen LogP contribution in [0.25, 0.3) is 0 Å². The third kappa shape index (κ3) is 2.98. The lowest BCUT2D eigenvalue weighted by molar-refractivity contribution is -0.116. The first kappa shape index (κ1) is 12.4. The van der Waals surface area contributed by atoms with E-state index in [-0.39, 0.29) is 4.91 Å². The zero-order chi connectivity index (χ0) is 13.1. The molecule has 0 saturated carbocycles. The highest BCUT2D eigenvalue weighted by atomic mass is 32.2. The van der Waals surface area contributed by atoms with Gasteiger partial charge in [-0.1, -0.05) is 12.1 Å². The molecule has 92 valence electrons. The Morgan fingerprint density at radius 3 is 2.78 bits per heavy atom. The van der Waals surface area contributed by atoms with E-state index in [1.807, 2.05) is 25.1 Å². The Kier molecular flexibility index (Phi) is 3.47. The first-order valence-electron chi connectivity index (χ1n) is 5.17. The van der Waals surface area contributed by atoms with E-state index in [1.165, 1.54) is 0 Å². The van der Waals surface area contributed by atoms with Crippen LogP contribution in [-0.4, -0.2) is 17.1 Å². The lowest BCUT2D eigenvalue weighted by Gasteiger charge is -2.02. The molecule has 1 saturated heterocycles. The van der Waals surface area contributed by atoms with Crippen molar-refractivity contribution in [2.45, 2.75) is 6.92 Å². The van der Waals surface area contributed by atoms with Crippen molar-refractivity contribution in [2.75, 3.05) is 5.32 Å². The van der Waals surface area contributed by atoms with Gasteiger partial charge in [-0.25, -0.2) is 0 Å². The van der Waals surface area contributed by atoms with E-state index in [0.717, 1.165) is 11.6 Å². The van der Waals surface area contributed by atoms with E-state index in [2.05, 4.69) is 10.6 Å². The normalized spacial score (nSPS) is 16.8. The van der Waals surface area contributed by atoms with Gasteiger partial charge in [0.1, 0.15) is 0 Å². The van der Waals surface area contributed by atoms with Crippen molar-refractivity contribution < 1.29 is 14.4 Å². The maximum atomic E-state index is 11.6. The molecule has 1 aliphatic heterocycles. The van der Waals surface area contributed by atoms with Gasteiger partial charge in [-0.05, 0) is 36.4 Å². The van der Waals surface area contributed by atoms with Crippen molar-refractivity contribution in [3.63, 3.8) is 0 Å². The van der Waals surface area contributed by atoms with E-state index in [1.54, 1.807) is 6.07 Å². The van der Waals surface area contributed by atoms with Gasteiger partial charge in [0.2, 0.25) is 5.91 Å². The van der Waals surface area contributed by atoms with Crippen LogP contribution in [0.4, 0.5) is 10.5 Å². The molecule has 0 aromatic heterocycles.